The number of amides is 1. The van der Waals surface area contributed by atoms with Gasteiger partial charge in [0.25, 0.3) is 5.91 Å². The maximum Gasteiger partial charge on any atom is 0.333 e. The summed E-state index contributed by atoms with van der Waals surface area (Å²) < 4.78 is 16.0. The fourth-order valence-corrected chi connectivity index (χ4v) is 3.08. The first-order chi connectivity index (χ1) is 11.9. The largest absolute Gasteiger partial charge is 0.468 e. The van der Waals surface area contributed by atoms with Gasteiger partial charge in [-0.1, -0.05) is 34.7 Å². The summed E-state index contributed by atoms with van der Waals surface area (Å²) in [7, 11) is 2.77. The molecule has 0 N–H and O–H groups in total. The molecule has 1 atom stereocenters. The highest BCUT2D eigenvalue weighted by molar-refractivity contribution is 9.10. The molecule has 1 aliphatic heterocycles. The van der Waals surface area contributed by atoms with Crippen LogP contribution in [0.2, 0.25) is 0 Å². The number of esters is 1. The second-order valence-corrected chi connectivity index (χ2v) is 6.29. The summed E-state index contributed by atoms with van der Waals surface area (Å²) in [6.45, 7) is 5.88. The molecular weight excluding hydrogens is 390 g/mol. The minimum absolute atomic E-state index is 0.00875. The average Bonchev–Trinajstić information content (AvgIpc) is 2.92. The Morgan fingerprint density at radius 2 is 2.16 bits per heavy atom. The number of halogens is 1. The minimum Gasteiger partial charge on any atom is -0.468 e. The van der Waals surface area contributed by atoms with Gasteiger partial charge in [-0.3, -0.25) is 4.79 Å². The van der Waals surface area contributed by atoms with Crippen LogP contribution in [-0.2, 0) is 25.5 Å². The van der Waals surface area contributed by atoms with Crippen LogP contribution in [0.3, 0.4) is 0 Å². The Hall–Kier alpha value is -2.12. The maximum atomic E-state index is 12.8. The van der Waals surface area contributed by atoms with Crippen molar-refractivity contribution in [2.45, 2.75) is 19.5 Å². The number of nitrogens with zero attached hydrogens (tertiary/aromatic N) is 1. The first-order valence-electron chi connectivity index (χ1n) is 7.59. The van der Waals surface area contributed by atoms with Gasteiger partial charge in [-0.2, -0.15) is 0 Å². The Labute approximate surface area is 155 Å². The molecule has 2 rings (SSSR count). The van der Waals surface area contributed by atoms with Crippen LogP contribution in [0.4, 0.5) is 0 Å². The molecule has 0 spiro atoms. The predicted molar refractivity (Wildman–Crippen MR) is 95.7 cm³/mol. The van der Waals surface area contributed by atoms with Crippen molar-refractivity contribution >= 4 is 27.8 Å². The lowest BCUT2D eigenvalue weighted by Gasteiger charge is -2.28. The SMILES string of the molecule is C=C(OCOC)/C(=C\C)[C@H](C(=O)OC)N1Cc2ccc(Br)cc2C1=O. The zero-order valence-corrected chi connectivity index (χ0v) is 16.0. The number of allylic oxidation sites excluding steroid dienone is 1. The van der Waals surface area contributed by atoms with Crippen LogP contribution in [0.5, 0.6) is 0 Å². The summed E-state index contributed by atoms with van der Waals surface area (Å²) in [6.07, 6.45) is 1.69. The van der Waals surface area contributed by atoms with Crippen LogP contribution >= 0.6 is 15.9 Å². The van der Waals surface area contributed by atoms with Crippen molar-refractivity contribution in [3.8, 4) is 0 Å². The van der Waals surface area contributed by atoms with E-state index in [1.165, 1.54) is 19.1 Å². The first-order valence-corrected chi connectivity index (χ1v) is 8.38. The van der Waals surface area contributed by atoms with Gasteiger partial charge in [-0.25, -0.2) is 4.79 Å². The molecule has 6 nitrogen and oxygen atoms in total. The van der Waals surface area contributed by atoms with Crippen LogP contribution in [-0.4, -0.2) is 43.8 Å². The summed E-state index contributed by atoms with van der Waals surface area (Å²) in [5.41, 5.74) is 1.87. The Kier molecular flexibility index (Phi) is 6.39. The summed E-state index contributed by atoms with van der Waals surface area (Å²) in [5, 5.41) is 0. The van der Waals surface area contributed by atoms with E-state index in [1.54, 1.807) is 19.1 Å². The minimum atomic E-state index is -0.946. The third-order valence-electron chi connectivity index (χ3n) is 3.92. The van der Waals surface area contributed by atoms with Crippen LogP contribution in [0.25, 0.3) is 0 Å². The van der Waals surface area contributed by atoms with Crippen LogP contribution in [0.15, 0.2) is 46.7 Å². The molecular formula is C18H20BrNO5. The molecule has 0 bridgehead atoms. The number of hydrogen-bond acceptors (Lipinski definition) is 5. The standard InChI is InChI=1S/C18H20BrNO5/c1-5-14(11(2)25-10-23-3)16(18(22)24-4)20-9-12-6-7-13(19)8-15(12)17(20)21/h5-8,16H,2,9-10H2,1,3-4H3/b14-5+/t16-/m1/s1. The molecule has 7 heteroatoms. The summed E-state index contributed by atoms with van der Waals surface area (Å²) >= 11 is 3.36. The Morgan fingerprint density at radius 3 is 2.76 bits per heavy atom. The Morgan fingerprint density at radius 1 is 1.44 bits per heavy atom. The van der Waals surface area contributed by atoms with Crippen molar-refractivity contribution in [2.75, 3.05) is 21.0 Å². The van der Waals surface area contributed by atoms with Gasteiger partial charge in [0.2, 0.25) is 0 Å². The van der Waals surface area contributed by atoms with Crippen LogP contribution in [0, 0.1) is 0 Å². The molecule has 1 aliphatic rings. The normalized spacial score (nSPS) is 15.0. The van der Waals surface area contributed by atoms with Crippen molar-refractivity contribution in [1.82, 2.24) is 4.90 Å². The van der Waals surface area contributed by atoms with E-state index in [2.05, 4.69) is 22.5 Å². The Balaban J connectivity index is 2.37. The molecule has 1 aromatic rings. The number of benzene rings is 1. The topological polar surface area (TPSA) is 65.1 Å². The van der Waals surface area contributed by atoms with E-state index in [0.717, 1.165) is 10.0 Å². The molecule has 1 aromatic carbocycles. The van der Waals surface area contributed by atoms with Crippen molar-refractivity contribution in [2.24, 2.45) is 0 Å². The number of carbonyl (C=O) groups is 2. The van der Waals surface area contributed by atoms with Gasteiger partial charge in [0, 0.05) is 29.3 Å². The van der Waals surface area contributed by atoms with Gasteiger partial charge in [-0.05, 0) is 24.6 Å². The molecule has 134 valence electrons. The molecule has 1 heterocycles. The molecule has 0 unspecified atom stereocenters. The second kappa shape index (κ2) is 8.31. The van der Waals surface area contributed by atoms with Gasteiger partial charge in [0.15, 0.2) is 12.8 Å². The molecule has 0 radical (unpaired) electrons. The number of hydrogen-bond donors (Lipinski definition) is 0. The van der Waals surface area contributed by atoms with Crippen LogP contribution in [0.1, 0.15) is 22.8 Å². The van der Waals surface area contributed by atoms with E-state index in [-0.39, 0.29) is 18.5 Å². The fraction of sp³-hybridized carbons (Fsp3) is 0.333. The number of ether oxygens (including phenoxy) is 3. The quantitative estimate of drug-likeness (QED) is 0.299. The van der Waals surface area contributed by atoms with Crippen LogP contribution < -0.4 is 0 Å². The summed E-state index contributed by atoms with van der Waals surface area (Å²) in [4.78, 5) is 26.7. The molecule has 0 aliphatic carbocycles. The monoisotopic (exact) mass is 409 g/mol. The third kappa shape index (κ3) is 3.93. The molecule has 1 amide bonds. The first kappa shape index (κ1) is 19.2. The lowest BCUT2D eigenvalue weighted by atomic mass is 10.0. The highest BCUT2D eigenvalue weighted by Gasteiger charge is 2.40. The van der Waals surface area contributed by atoms with Crippen molar-refractivity contribution < 1.29 is 23.8 Å². The fourth-order valence-electron chi connectivity index (χ4n) is 2.72. The van der Waals surface area contributed by atoms with E-state index < -0.39 is 12.0 Å². The molecule has 0 aromatic heterocycles. The second-order valence-electron chi connectivity index (χ2n) is 5.38. The van der Waals surface area contributed by atoms with Gasteiger partial charge < -0.3 is 19.1 Å². The number of rotatable bonds is 7. The molecule has 0 saturated heterocycles. The van der Waals surface area contributed by atoms with E-state index in [9.17, 15) is 9.59 Å². The van der Waals surface area contributed by atoms with Crippen molar-refractivity contribution in [1.29, 1.82) is 0 Å². The smallest absolute Gasteiger partial charge is 0.333 e. The zero-order chi connectivity index (χ0) is 18.6. The van der Waals surface area contributed by atoms with E-state index >= 15 is 0 Å². The summed E-state index contributed by atoms with van der Waals surface area (Å²) in [6, 6.07) is 4.52. The van der Waals surface area contributed by atoms with Gasteiger partial charge in [0.1, 0.15) is 5.76 Å². The lowest BCUT2D eigenvalue weighted by Crippen LogP contribution is -2.44. The number of carbonyl (C=O) groups excluding carboxylic acids is 2. The summed E-state index contributed by atoms with van der Waals surface area (Å²) in [5.74, 6) is -0.550. The zero-order valence-electron chi connectivity index (χ0n) is 14.4. The highest BCUT2D eigenvalue weighted by atomic mass is 79.9. The average molecular weight is 410 g/mol. The lowest BCUT2D eigenvalue weighted by molar-refractivity contribution is -0.144. The van der Waals surface area contributed by atoms with E-state index in [1.807, 2.05) is 12.1 Å². The molecule has 25 heavy (non-hydrogen) atoms. The third-order valence-corrected chi connectivity index (χ3v) is 4.41. The maximum absolute atomic E-state index is 12.8. The Bertz CT molecular complexity index is 728. The molecule has 0 saturated carbocycles. The van der Waals surface area contributed by atoms with E-state index in [0.29, 0.717) is 17.7 Å². The molecule has 0 fully saturated rings. The number of fused-ring (bicyclic) bond motifs is 1. The van der Waals surface area contributed by atoms with Crippen molar-refractivity contribution in [3.05, 3.63) is 57.8 Å². The van der Waals surface area contributed by atoms with Crippen molar-refractivity contribution in [3.63, 3.8) is 0 Å². The van der Waals surface area contributed by atoms with Gasteiger partial charge in [-0.15, -0.1) is 0 Å². The van der Waals surface area contributed by atoms with Gasteiger partial charge in [0.05, 0.1) is 7.11 Å². The highest BCUT2D eigenvalue weighted by Crippen LogP contribution is 2.31. The predicted octanol–water partition coefficient (Wildman–Crippen LogP) is 3.03. The number of methoxy groups -OCH3 is 2. The van der Waals surface area contributed by atoms with E-state index in [4.69, 9.17) is 14.2 Å². The van der Waals surface area contributed by atoms with Gasteiger partial charge >= 0.3 is 5.97 Å².